The third-order valence-corrected chi connectivity index (χ3v) is 2.52. The zero-order valence-electron chi connectivity index (χ0n) is 9.88. The van der Waals surface area contributed by atoms with Crippen LogP contribution in [0.5, 0.6) is 0 Å². The van der Waals surface area contributed by atoms with Crippen molar-refractivity contribution < 1.29 is 9.18 Å². The number of pyridine rings is 2. The Balaban J connectivity index is 2.13. The Morgan fingerprint density at radius 2 is 1.89 bits per heavy atom. The smallest absolute Gasteiger partial charge is 0.256 e. The van der Waals surface area contributed by atoms with Gasteiger partial charge in [-0.3, -0.25) is 14.8 Å². The monoisotopic (exact) mass is 245 g/mol. The van der Waals surface area contributed by atoms with Gasteiger partial charge < -0.3 is 4.90 Å². The summed E-state index contributed by atoms with van der Waals surface area (Å²) in [6.45, 7) is 0.406. The van der Waals surface area contributed by atoms with Crippen LogP contribution in [0.1, 0.15) is 15.9 Å². The lowest BCUT2D eigenvalue weighted by atomic mass is 10.2. The van der Waals surface area contributed by atoms with Crippen molar-refractivity contribution in [2.45, 2.75) is 6.54 Å². The van der Waals surface area contributed by atoms with E-state index < -0.39 is 5.82 Å². The summed E-state index contributed by atoms with van der Waals surface area (Å²) in [6, 6.07) is 5.00. The zero-order valence-corrected chi connectivity index (χ0v) is 9.88. The molecule has 0 atom stereocenters. The molecule has 0 bridgehead atoms. The number of hydrogen-bond donors (Lipinski definition) is 0. The molecule has 0 saturated carbocycles. The highest BCUT2D eigenvalue weighted by Crippen LogP contribution is 2.10. The molecule has 1 amide bonds. The summed E-state index contributed by atoms with van der Waals surface area (Å²) < 4.78 is 13.4. The molecule has 0 fully saturated rings. The topological polar surface area (TPSA) is 46.1 Å². The van der Waals surface area contributed by atoms with E-state index in [1.165, 1.54) is 17.2 Å². The van der Waals surface area contributed by atoms with Gasteiger partial charge in [-0.2, -0.15) is 0 Å². The lowest BCUT2D eigenvalue weighted by molar-refractivity contribution is 0.0780. The van der Waals surface area contributed by atoms with Crippen molar-refractivity contribution in [1.29, 1.82) is 0 Å². The van der Waals surface area contributed by atoms with Gasteiger partial charge in [-0.05, 0) is 23.8 Å². The molecule has 18 heavy (non-hydrogen) atoms. The molecule has 0 aliphatic carbocycles. The van der Waals surface area contributed by atoms with Crippen molar-refractivity contribution in [3.8, 4) is 0 Å². The predicted octanol–water partition coefficient (Wildman–Crippen LogP) is 1.89. The van der Waals surface area contributed by atoms with Crippen LogP contribution in [0.3, 0.4) is 0 Å². The summed E-state index contributed by atoms with van der Waals surface area (Å²) in [6.07, 6.45) is 5.74. The van der Waals surface area contributed by atoms with Gasteiger partial charge in [0.2, 0.25) is 0 Å². The number of rotatable bonds is 3. The maximum atomic E-state index is 13.4. The number of hydrogen-bond acceptors (Lipinski definition) is 3. The van der Waals surface area contributed by atoms with E-state index in [0.29, 0.717) is 6.54 Å². The highest BCUT2D eigenvalue weighted by atomic mass is 19.1. The van der Waals surface area contributed by atoms with Crippen LogP contribution >= 0.6 is 0 Å². The first-order valence-electron chi connectivity index (χ1n) is 5.42. The molecular weight excluding hydrogens is 233 g/mol. The van der Waals surface area contributed by atoms with Crippen LogP contribution in [0.2, 0.25) is 0 Å². The number of carbonyl (C=O) groups is 1. The quantitative estimate of drug-likeness (QED) is 0.829. The van der Waals surface area contributed by atoms with Crippen molar-refractivity contribution in [3.63, 3.8) is 0 Å². The summed E-state index contributed by atoms with van der Waals surface area (Å²) in [7, 11) is 1.63. The molecule has 0 N–H and O–H groups in total. The number of halogens is 1. The van der Waals surface area contributed by atoms with Crippen LogP contribution in [0, 0.1) is 5.82 Å². The van der Waals surface area contributed by atoms with Gasteiger partial charge in [-0.1, -0.05) is 0 Å². The first-order valence-corrected chi connectivity index (χ1v) is 5.42. The summed E-state index contributed by atoms with van der Waals surface area (Å²) in [5.41, 5.74) is 0.969. The van der Waals surface area contributed by atoms with Crippen molar-refractivity contribution in [2.75, 3.05) is 7.05 Å². The van der Waals surface area contributed by atoms with E-state index in [2.05, 4.69) is 9.97 Å². The number of amides is 1. The second-order valence-electron chi connectivity index (χ2n) is 3.87. The third-order valence-electron chi connectivity index (χ3n) is 2.52. The van der Waals surface area contributed by atoms with Gasteiger partial charge in [0.25, 0.3) is 5.91 Å². The molecule has 0 radical (unpaired) electrons. The summed E-state index contributed by atoms with van der Waals surface area (Å²) in [5, 5.41) is 0. The van der Waals surface area contributed by atoms with Gasteiger partial charge in [-0.15, -0.1) is 0 Å². The van der Waals surface area contributed by atoms with E-state index in [0.717, 1.165) is 11.8 Å². The van der Waals surface area contributed by atoms with E-state index in [1.54, 1.807) is 19.4 Å². The van der Waals surface area contributed by atoms with Crippen LogP contribution in [0.15, 0.2) is 43.0 Å². The third kappa shape index (κ3) is 2.68. The van der Waals surface area contributed by atoms with E-state index >= 15 is 0 Å². The SMILES string of the molecule is CN(Cc1ccncc1)C(=O)c1ccncc1F. The molecule has 2 heterocycles. The van der Waals surface area contributed by atoms with E-state index in [1.807, 2.05) is 12.1 Å². The fourth-order valence-corrected chi connectivity index (χ4v) is 1.59. The molecule has 0 saturated heterocycles. The summed E-state index contributed by atoms with van der Waals surface area (Å²) in [4.78, 5) is 21.0. The Morgan fingerprint density at radius 1 is 1.22 bits per heavy atom. The summed E-state index contributed by atoms with van der Waals surface area (Å²) in [5.74, 6) is -0.976. The molecule has 2 rings (SSSR count). The first kappa shape index (κ1) is 12.2. The van der Waals surface area contributed by atoms with Gasteiger partial charge in [0, 0.05) is 32.2 Å². The second-order valence-corrected chi connectivity index (χ2v) is 3.87. The van der Waals surface area contributed by atoms with E-state index in [-0.39, 0.29) is 11.5 Å². The average molecular weight is 245 g/mol. The Morgan fingerprint density at radius 3 is 2.56 bits per heavy atom. The highest BCUT2D eigenvalue weighted by Gasteiger charge is 2.15. The van der Waals surface area contributed by atoms with Crippen molar-refractivity contribution in [1.82, 2.24) is 14.9 Å². The Labute approximate surface area is 104 Å². The molecule has 5 heteroatoms. The average Bonchev–Trinajstić information content (AvgIpc) is 2.39. The molecule has 0 spiro atoms. The Kier molecular flexibility index (Phi) is 3.62. The molecule has 2 aromatic rings. The normalized spacial score (nSPS) is 10.1. The van der Waals surface area contributed by atoms with Crippen LogP contribution in [-0.4, -0.2) is 27.8 Å². The van der Waals surface area contributed by atoms with Crippen LogP contribution in [0.25, 0.3) is 0 Å². The largest absolute Gasteiger partial charge is 0.337 e. The standard InChI is InChI=1S/C13H12FN3O/c1-17(9-10-2-5-15-6-3-10)13(18)11-4-7-16-8-12(11)14/h2-8H,9H2,1H3. The van der Waals surface area contributed by atoms with Crippen molar-refractivity contribution in [2.24, 2.45) is 0 Å². The molecule has 92 valence electrons. The van der Waals surface area contributed by atoms with Gasteiger partial charge in [0.05, 0.1) is 11.8 Å². The number of carbonyl (C=O) groups excluding carboxylic acids is 1. The molecule has 0 aliphatic heterocycles. The Hall–Kier alpha value is -2.30. The lowest BCUT2D eigenvalue weighted by Crippen LogP contribution is -2.27. The Bertz CT molecular complexity index is 545. The van der Waals surface area contributed by atoms with Crippen molar-refractivity contribution in [3.05, 3.63) is 59.9 Å². The van der Waals surface area contributed by atoms with Gasteiger partial charge in [-0.25, -0.2) is 4.39 Å². The van der Waals surface area contributed by atoms with Gasteiger partial charge >= 0.3 is 0 Å². The highest BCUT2D eigenvalue weighted by molar-refractivity contribution is 5.94. The number of nitrogens with zero attached hydrogens (tertiary/aromatic N) is 3. The minimum atomic E-state index is -0.607. The minimum Gasteiger partial charge on any atom is -0.337 e. The van der Waals surface area contributed by atoms with Crippen LogP contribution in [-0.2, 0) is 6.54 Å². The second kappa shape index (κ2) is 5.35. The maximum absolute atomic E-state index is 13.4. The molecular formula is C13H12FN3O. The number of aromatic nitrogens is 2. The lowest BCUT2D eigenvalue weighted by Gasteiger charge is -2.17. The zero-order chi connectivity index (χ0) is 13.0. The minimum absolute atomic E-state index is 0.0292. The van der Waals surface area contributed by atoms with E-state index in [9.17, 15) is 9.18 Å². The molecule has 4 nitrogen and oxygen atoms in total. The first-order chi connectivity index (χ1) is 8.68. The molecule has 0 aromatic carbocycles. The van der Waals surface area contributed by atoms with Gasteiger partial charge in [0.15, 0.2) is 5.82 Å². The molecule has 2 aromatic heterocycles. The maximum Gasteiger partial charge on any atom is 0.256 e. The van der Waals surface area contributed by atoms with E-state index in [4.69, 9.17) is 0 Å². The van der Waals surface area contributed by atoms with Crippen LogP contribution < -0.4 is 0 Å². The predicted molar refractivity (Wildman–Crippen MR) is 64.2 cm³/mol. The fourth-order valence-electron chi connectivity index (χ4n) is 1.59. The molecule has 0 unspecified atom stereocenters. The van der Waals surface area contributed by atoms with Crippen molar-refractivity contribution >= 4 is 5.91 Å². The van der Waals surface area contributed by atoms with Crippen LogP contribution in [0.4, 0.5) is 4.39 Å². The fraction of sp³-hybridized carbons (Fsp3) is 0.154. The van der Waals surface area contributed by atoms with Gasteiger partial charge in [0.1, 0.15) is 0 Å². The summed E-state index contributed by atoms with van der Waals surface area (Å²) >= 11 is 0. The molecule has 0 aliphatic rings.